The van der Waals surface area contributed by atoms with E-state index in [1.807, 2.05) is 12.1 Å². The predicted molar refractivity (Wildman–Crippen MR) is 102 cm³/mol. The fraction of sp³-hybridized carbons (Fsp3) is 0.727. The Morgan fingerprint density at radius 1 is 0.739 bits per heavy atom. The highest BCUT2D eigenvalue weighted by Gasteiger charge is 2.22. The van der Waals surface area contributed by atoms with Crippen molar-refractivity contribution in [2.45, 2.75) is 104 Å². The number of benzene rings is 1. The molecule has 0 amide bonds. The standard InChI is InChI=1S/C22H38O/c1-5-9-14-18(12-7-3)20-16-11-17-21(23)22(20)19(13-8-4)15-10-6-2/h11,16-19,23H,5-10,12-15H2,1-4H3. The molecule has 0 fully saturated rings. The molecule has 0 saturated heterocycles. The molecule has 0 spiro atoms. The van der Waals surface area contributed by atoms with Gasteiger partial charge in [-0.3, -0.25) is 0 Å². The predicted octanol–water partition coefficient (Wildman–Crippen LogP) is 7.54. The molecule has 1 heteroatoms. The summed E-state index contributed by atoms with van der Waals surface area (Å²) in [6, 6.07) is 6.24. The largest absolute Gasteiger partial charge is 0.508 e. The van der Waals surface area contributed by atoms with Gasteiger partial charge in [0.05, 0.1) is 0 Å². The maximum atomic E-state index is 10.6. The van der Waals surface area contributed by atoms with E-state index in [2.05, 4.69) is 33.8 Å². The molecule has 0 aliphatic rings. The van der Waals surface area contributed by atoms with Gasteiger partial charge < -0.3 is 5.11 Å². The second-order valence-electron chi connectivity index (χ2n) is 7.04. The topological polar surface area (TPSA) is 20.2 Å². The second kappa shape index (κ2) is 11.5. The average molecular weight is 319 g/mol. The van der Waals surface area contributed by atoms with Crippen LogP contribution in [0.4, 0.5) is 0 Å². The Morgan fingerprint density at radius 2 is 1.30 bits per heavy atom. The van der Waals surface area contributed by atoms with Gasteiger partial charge in [0.1, 0.15) is 5.75 Å². The van der Waals surface area contributed by atoms with Gasteiger partial charge in [-0.25, -0.2) is 0 Å². The van der Waals surface area contributed by atoms with Crippen LogP contribution in [0.3, 0.4) is 0 Å². The lowest BCUT2D eigenvalue weighted by Gasteiger charge is -2.26. The number of phenolic OH excluding ortho intramolecular Hbond substituents is 1. The quantitative estimate of drug-likeness (QED) is 0.422. The number of hydrogen-bond acceptors (Lipinski definition) is 1. The van der Waals surface area contributed by atoms with E-state index in [1.54, 1.807) is 0 Å². The van der Waals surface area contributed by atoms with E-state index in [-0.39, 0.29) is 0 Å². The Morgan fingerprint density at radius 3 is 1.87 bits per heavy atom. The highest BCUT2D eigenvalue weighted by atomic mass is 16.3. The summed E-state index contributed by atoms with van der Waals surface area (Å²) >= 11 is 0. The van der Waals surface area contributed by atoms with Crippen LogP contribution in [0.2, 0.25) is 0 Å². The summed E-state index contributed by atoms with van der Waals surface area (Å²) in [5.74, 6) is 1.68. The monoisotopic (exact) mass is 318 g/mol. The zero-order chi connectivity index (χ0) is 17.1. The molecule has 23 heavy (non-hydrogen) atoms. The van der Waals surface area contributed by atoms with Crippen LogP contribution in [0.25, 0.3) is 0 Å². The van der Waals surface area contributed by atoms with E-state index in [0.717, 1.165) is 0 Å². The summed E-state index contributed by atoms with van der Waals surface area (Å²) in [5, 5.41) is 10.6. The normalized spacial score (nSPS) is 13.9. The first-order chi connectivity index (χ1) is 11.2. The van der Waals surface area contributed by atoms with Crippen molar-refractivity contribution < 1.29 is 5.11 Å². The van der Waals surface area contributed by atoms with Crippen molar-refractivity contribution >= 4 is 0 Å². The van der Waals surface area contributed by atoms with Gasteiger partial charge in [-0.05, 0) is 49.1 Å². The molecule has 0 aliphatic heterocycles. The molecule has 1 aromatic carbocycles. The van der Waals surface area contributed by atoms with E-state index >= 15 is 0 Å². The Bertz CT molecular complexity index is 424. The van der Waals surface area contributed by atoms with Crippen molar-refractivity contribution in [2.75, 3.05) is 0 Å². The van der Waals surface area contributed by atoms with Gasteiger partial charge in [0, 0.05) is 5.56 Å². The maximum absolute atomic E-state index is 10.6. The molecule has 0 saturated carbocycles. The zero-order valence-electron chi connectivity index (χ0n) is 15.9. The van der Waals surface area contributed by atoms with E-state index in [4.69, 9.17) is 0 Å². The third kappa shape index (κ3) is 6.20. The summed E-state index contributed by atoms with van der Waals surface area (Å²) < 4.78 is 0. The first kappa shape index (κ1) is 20.1. The number of hydrogen-bond donors (Lipinski definition) is 1. The van der Waals surface area contributed by atoms with Crippen LogP contribution in [0.1, 0.15) is 115 Å². The minimum Gasteiger partial charge on any atom is -0.508 e. The Labute approximate surface area is 144 Å². The molecule has 2 atom stereocenters. The lowest BCUT2D eigenvalue weighted by molar-refractivity contribution is 0.439. The maximum Gasteiger partial charge on any atom is 0.119 e. The van der Waals surface area contributed by atoms with Crippen molar-refractivity contribution in [2.24, 2.45) is 0 Å². The minimum atomic E-state index is 0.525. The van der Waals surface area contributed by atoms with Gasteiger partial charge in [0.15, 0.2) is 0 Å². The molecule has 0 bridgehead atoms. The second-order valence-corrected chi connectivity index (χ2v) is 7.04. The van der Waals surface area contributed by atoms with Crippen molar-refractivity contribution in [3.8, 4) is 5.75 Å². The lowest BCUT2D eigenvalue weighted by atomic mass is 9.79. The average Bonchev–Trinajstić information content (AvgIpc) is 2.55. The number of rotatable bonds is 12. The molecule has 1 nitrogen and oxygen atoms in total. The molecule has 0 radical (unpaired) electrons. The molecular formula is C22H38O. The summed E-state index contributed by atoms with van der Waals surface area (Å²) in [6.45, 7) is 9.07. The van der Waals surface area contributed by atoms with Gasteiger partial charge in [0.2, 0.25) is 0 Å². The van der Waals surface area contributed by atoms with Gasteiger partial charge in [0.25, 0.3) is 0 Å². The van der Waals surface area contributed by atoms with E-state index in [1.165, 1.54) is 75.3 Å². The molecule has 2 unspecified atom stereocenters. The summed E-state index contributed by atoms with van der Waals surface area (Å²) in [6.07, 6.45) is 12.3. The number of aromatic hydroxyl groups is 1. The molecule has 0 heterocycles. The van der Waals surface area contributed by atoms with E-state index < -0.39 is 0 Å². The molecular weight excluding hydrogens is 280 g/mol. The Kier molecular flexibility index (Phi) is 10.1. The van der Waals surface area contributed by atoms with Crippen LogP contribution in [-0.4, -0.2) is 5.11 Å². The Balaban J connectivity index is 3.16. The molecule has 1 aromatic rings. The summed E-state index contributed by atoms with van der Waals surface area (Å²) in [7, 11) is 0. The van der Waals surface area contributed by atoms with Crippen molar-refractivity contribution in [1.82, 2.24) is 0 Å². The molecule has 132 valence electrons. The van der Waals surface area contributed by atoms with Crippen LogP contribution in [-0.2, 0) is 0 Å². The van der Waals surface area contributed by atoms with Crippen LogP contribution in [0.15, 0.2) is 18.2 Å². The minimum absolute atomic E-state index is 0.525. The molecule has 1 N–H and O–H groups in total. The fourth-order valence-electron chi connectivity index (χ4n) is 3.86. The SMILES string of the molecule is CCCCC(CCC)c1cccc(O)c1C(CCC)CCCC. The van der Waals surface area contributed by atoms with Crippen LogP contribution < -0.4 is 0 Å². The van der Waals surface area contributed by atoms with E-state index in [0.29, 0.717) is 17.6 Å². The van der Waals surface area contributed by atoms with Crippen LogP contribution in [0.5, 0.6) is 5.75 Å². The van der Waals surface area contributed by atoms with Crippen molar-refractivity contribution in [3.63, 3.8) is 0 Å². The molecule has 0 aromatic heterocycles. The van der Waals surface area contributed by atoms with Gasteiger partial charge in [-0.1, -0.05) is 78.4 Å². The van der Waals surface area contributed by atoms with Gasteiger partial charge in [-0.15, -0.1) is 0 Å². The van der Waals surface area contributed by atoms with Gasteiger partial charge >= 0.3 is 0 Å². The Hall–Kier alpha value is -0.980. The lowest BCUT2D eigenvalue weighted by Crippen LogP contribution is -2.08. The molecule has 1 rings (SSSR count). The molecule has 0 aliphatic carbocycles. The van der Waals surface area contributed by atoms with Crippen LogP contribution >= 0.6 is 0 Å². The number of phenols is 1. The summed E-state index contributed by atoms with van der Waals surface area (Å²) in [4.78, 5) is 0. The smallest absolute Gasteiger partial charge is 0.119 e. The summed E-state index contributed by atoms with van der Waals surface area (Å²) in [5.41, 5.74) is 2.72. The van der Waals surface area contributed by atoms with E-state index in [9.17, 15) is 5.11 Å². The van der Waals surface area contributed by atoms with Crippen molar-refractivity contribution in [3.05, 3.63) is 29.3 Å². The first-order valence-electron chi connectivity index (χ1n) is 10.0. The van der Waals surface area contributed by atoms with Gasteiger partial charge in [-0.2, -0.15) is 0 Å². The number of unbranched alkanes of at least 4 members (excludes halogenated alkanes) is 2. The van der Waals surface area contributed by atoms with Crippen molar-refractivity contribution in [1.29, 1.82) is 0 Å². The third-order valence-corrected chi connectivity index (χ3v) is 5.05. The first-order valence-corrected chi connectivity index (χ1v) is 10.0. The highest BCUT2D eigenvalue weighted by Crippen LogP contribution is 2.41. The fourth-order valence-corrected chi connectivity index (χ4v) is 3.86. The highest BCUT2D eigenvalue weighted by molar-refractivity contribution is 5.44. The zero-order valence-corrected chi connectivity index (χ0v) is 15.9. The van der Waals surface area contributed by atoms with Crippen LogP contribution in [0, 0.1) is 0 Å². The third-order valence-electron chi connectivity index (χ3n) is 5.05.